The number of hydrogen-bond acceptors (Lipinski definition) is 3. The van der Waals surface area contributed by atoms with Crippen LogP contribution in [0.4, 0.5) is 0 Å². The zero-order chi connectivity index (χ0) is 9.14. The SMILES string of the molecule is CNCC1CN(C)C(=O)CN1C. The van der Waals surface area contributed by atoms with Gasteiger partial charge in [-0.1, -0.05) is 0 Å². The van der Waals surface area contributed by atoms with E-state index in [1.807, 2.05) is 21.1 Å². The zero-order valence-corrected chi connectivity index (χ0v) is 8.00. The van der Waals surface area contributed by atoms with Gasteiger partial charge in [0.05, 0.1) is 6.54 Å². The molecule has 1 saturated heterocycles. The van der Waals surface area contributed by atoms with Crippen molar-refractivity contribution in [1.82, 2.24) is 15.1 Å². The molecule has 4 nitrogen and oxygen atoms in total. The first-order valence-electron chi connectivity index (χ1n) is 4.24. The molecule has 1 fully saturated rings. The molecule has 1 unspecified atom stereocenters. The molecule has 12 heavy (non-hydrogen) atoms. The van der Waals surface area contributed by atoms with Gasteiger partial charge in [-0.15, -0.1) is 0 Å². The highest BCUT2D eigenvalue weighted by molar-refractivity contribution is 5.78. The molecule has 0 aromatic rings. The molecule has 0 aliphatic carbocycles. The maximum atomic E-state index is 11.2. The van der Waals surface area contributed by atoms with Crippen LogP contribution in [0, 0.1) is 0 Å². The second-order valence-corrected chi connectivity index (χ2v) is 3.40. The van der Waals surface area contributed by atoms with Gasteiger partial charge in [0.2, 0.25) is 5.91 Å². The van der Waals surface area contributed by atoms with Crippen molar-refractivity contribution in [1.29, 1.82) is 0 Å². The average Bonchev–Trinajstić information content (AvgIpc) is 2.01. The number of carbonyl (C=O) groups excluding carboxylic acids is 1. The molecule has 0 aromatic heterocycles. The molecule has 1 aliphatic heterocycles. The molecule has 1 aliphatic rings. The molecule has 1 N–H and O–H groups in total. The van der Waals surface area contributed by atoms with Crippen LogP contribution >= 0.6 is 0 Å². The first-order valence-corrected chi connectivity index (χ1v) is 4.24. The lowest BCUT2D eigenvalue weighted by atomic mass is 10.2. The zero-order valence-electron chi connectivity index (χ0n) is 8.00. The van der Waals surface area contributed by atoms with Crippen LogP contribution < -0.4 is 5.32 Å². The highest BCUT2D eigenvalue weighted by Gasteiger charge is 2.26. The van der Waals surface area contributed by atoms with E-state index in [2.05, 4.69) is 10.2 Å². The van der Waals surface area contributed by atoms with E-state index in [4.69, 9.17) is 0 Å². The molecule has 0 radical (unpaired) electrons. The van der Waals surface area contributed by atoms with Crippen molar-refractivity contribution in [2.45, 2.75) is 6.04 Å². The lowest BCUT2D eigenvalue weighted by molar-refractivity contribution is -0.135. The number of nitrogens with one attached hydrogen (secondary N) is 1. The number of amides is 1. The minimum absolute atomic E-state index is 0.213. The Hall–Kier alpha value is -0.610. The van der Waals surface area contributed by atoms with Gasteiger partial charge in [-0.05, 0) is 14.1 Å². The second kappa shape index (κ2) is 3.87. The minimum atomic E-state index is 0.213. The number of rotatable bonds is 2. The Balaban J connectivity index is 2.49. The van der Waals surface area contributed by atoms with Gasteiger partial charge in [0.25, 0.3) is 0 Å². The topological polar surface area (TPSA) is 35.6 Å². The monoisotopic (exact) mass is 171 g/mol. The first-order chi connectivity index (χ1) is 5.65. The Morgan fingerprint density at radius 3 is 2.83 bits per heavy atom. The van der Waals surface area contributed by atoms with Crippen molar-refractivity contribution >= 4 is 5.91 Å². The molecule has 0 aromatic carbocycles. The fourth-order valence-electron chi connectivity index (χ4n) is 1.48. The summed E-state index contributed by atoms with van der Waals surface area (Å²) in [7, 11) is 5.79. The van der Waals surface area contributed by atoms with Gasteiger partial charge >= 0.3 is 0 Å². The van der Waals surface area contributed by atoms with Gasteiger partial charge < -0.3 is 10.2 Å². The molecule has 0 saturated carbocycles. The van der Waals surface area contributed by atoms with E-state index < -0.39 is 0 Å². The smallest absolute Gasteiger partial charge is 0.236 e. The summed E-state index contributed by atoms with van der Waals surface area (Å²) in [5.74, 6) is 0.213. The van der Waals surface area contributed by atoms with Crippen molar-refractivity contribution in [2.75, 3.05) is 40.8 Å². The summed E-state index contributed by atoms with van der Waals surface area (Å²) in [5, 5.41) is 3.12. The summed E-state index contributed by atoms with van der Waals surface area (Å²) in [4.78, 5) is 15.1. The second-order valence-electron chi connectivity index (χ2n) is 3.40. The Labute approximate surface area is 73.5 Å². The van der Waals surface area contributed by atoms with E-state index in [-0.39, 0.29) is 5.91 Å². The summed E-state index contributed by atoms with van der Waals surface area (Å²) in [5.41, 5.74) is 0. The van der Waals surface area contributed by atoms with E-state index in [1.54, 1.807) is 4.90 Å². The lowest BCUT2D eigenvalue weighted by Crippen LogP contribution is -2.56. The third-order valence-electron chi connectivity index (χ3n) is 2.36. The predicted molar refractivity (Wildman–Crippen MR) is 48.0 cm³/mol. The maximum absolute atomic E-state index is 11.2. The number of carbonyl (C=O) groups is 1. The summed E-state index contributed by atoms with van der Waals surface area (Å²) in [6.45, 7) is 2.31. The molecule has 4 heteroatoms. The summed E-state index contributed by atoms with van der Waals surface area (Å²) in [6, 6.07) is 0.456. The van der Waals surface area contributed by atoms with Gasteiger partial charge in [0, 0.05) is 26.2 Å². The highest BCUT2D eigenvalue weighted by Crippen LogP contribution is 2.05. The van der Waals surface area contributed by atoms with Gasteiger partial charge in [-0.2, -0.15) is 0 Å². The molecule has 70 valence electrons. The molecule has 1 atom stereocenters. The molecule has 0 spiro atoms. The van der Waals surface area contributed by atoms with Crippen LogP contribution in [-0.4, -0.2) is 62.5 Å². The molecular formula is C8H17N3O. The molecule has 0 bridgehead atoms. The molecular weight excluding hydrogens is 154 g/mol. The Morgan fingerprint density at radius 2 is 2.25 bits per heavy atom. The van der Waals surface area contributed by atoms with Crippen LogP contribution in [0.2, 0.25) is 0 Å². The third-order valence-corrected chi connectivity index (χ3v) is 2.36. The fourth-order valence-corrected chi connectivity index (χ4v) is 1.48. The van der Waals surface area contributed by atoms with Gasteiger partial charge in [0.1, 0.15) is 0 Å². The van der Waals surface area contributed by atoms with Crippen molar-refractivity contribution in [3.63, 3.8) is 0 Å². The average molecular weight is 171 g/mol. The third kappa shape index (κ3) is 1.95. The number of hydrogen-bond donors (Lipinski definition) is 1. The quantitative estimate of drug-likeness (QED) is 0.577. The van der Waals surface area contributed by atoms with Crippen LogP contribution in [0.1, 0.15) is 0 Å². The standard InChI is InChI=1S/C8H17N3O/c1-9-4-7-5-11(3)8(12)6-10(7)2/h7,9H,4-6H2,1-3H3. The highest BCUT2D eigenvalue weighted by atomic mass is 16.2. The lowest BCUT2D eigenvalue weighted by Gasteiger charge is -2.37. The largest absolute Gasteiger partial charge is 0.343 e. The van der Waals surface area contributed by atoms with Crippen molar-refractivity contribution < 1.29 is 4.79 Å². The Kier molecular flexibility index (Phi) is 3.05. The van der Waals surface area contributed by atoms with E-state index in [0.717, 1.165) is 13.1 Å². The van der Waals surface area contributed by atoms with Gasteiger partial charge in [-0.3, -0.25) is 9.69 Å². The Bertz CT molecular complexity index is 172. The van der Waals surface area contributed by atoms with Crippen molar-refractivity contribution in [3.8, 4) is 0 Å². The number of piperazine rings is 1. The fraction of sp³-hybridized carbons (Fsp3) is 0.875. The van der Waals surface area contributed by atoms with Gasteiger partial charge in [-0.25, -0.2) is 0 Å². The first kappa shape index (κ1) is 9.48. The van der Waals surface area contributed by atoms with E-state index in [1.165, 1.54) is 0 Å². The van der Waals surface area contributed by atoms with Gasteiger partial charge in [0.15, 0.2) is 0 Å². The van der Waals surface area contributed by atoms with E-state index in [0.29, 0.717) is 12.6 Å². The van der Waals surface area contributed by atoms with Crippen molar-refractivity contribution in [3.05, 3.63) is 0 Å². The summed E-state index contributed by atoms with van der Waals surface area (Å²) < 4.78 is 0. The normalized spacial score (nSPS) is 26.4. The summed E-state index contributed by atoms with van der Waals surface area (Å²) >= 11 is 0. The Morgan fingerprint density at radius 1 is 1.58 bits per heavy atom. The predicted octanol–water partition coefficient (Wildman–Crippen LogP) is -1.02. The van der Waals surface area contributed by atoms with Crippen molar-refractivity contribution in [2.24, 2.45) is 0 Å². The molecule has 1 heterocycles. The van der Waals surface area contributed by atoms with Crippen LogP contribution in [0.5, 0.6) is 0 Å². The van der Waals surface area contributed by atoms with E-state index in [9.17, 15) is 4.79 Å². The van der Waals surface area contributed by atoms with Crippen LogP contribution in [0.25, 0.3) is 0 Å². The number of nitrogens with zero attached hydrogens (tertiary/aromatic N) is 2. The van der Waals surface area contributed by atoms with E-state index >= 15 is 0 Å². The van der Waals surface area contributed by atoms with Crippen LogP contribution in [0.15, 0.2) is 0 Å². The number of likely N-dealkylation sites (N-methyl/N-ethyl adjacent to an activating group) is 3. The maximum Gasteiger partial charge on any atom is 0.236 e. The molecule has 1 rings (SSSR count). The summed E-state index contributed by atoms with van der Waals surface area (Å²) in [6.07, 6.45) is 0. The van der Waals surface area contributed by atoms with Crippen LogP contribution in [-0.2, 0) is 4.79 Å². The minimum Gasteiger partial charge on any atom is -0.343 e. The molecule has 1 amide bonds. The van der Waals surface area contributed by atoms with Crippen LogP contribution in [0.3, 0.4) is 0 Å².